The van der Waals surface area contributed by atoms with Crippen LogP contribution in [0.3, 0.4) is 0 Å². The molecule has 0 unspecified atom stereocenters. The molecule has 3 aromatic rings. The summed E-state index contributed by atoms with van der Waals surface area (Å²) in [6.45, 7) is 13.9. The van der Waals surface area contributed by atoms with Gasteiger partial charge in [-0.3, -0.25) is 9.59 Å². The highest BCUT2D eigenvalue weighted by molar-refractivity contribution is 6.30. The van der Waals surface area contributed by atoms with Crippen molar-refractivity contribution in [2.24, 2.45) is 5.41 Å². The molecule has 0 bridgehead atoms. The number of amides is 2. The number of hydrogen-bond acceptors (Lipinski definition) is 6. The lowest BCUT2D eigenvalue weighted by Crippen LogP contribution is -2.45. The summed E-state index contributed by atoms with van der Waals surface area (Å²) < 4.78 is 18.9. The maximum atomic E-state index is 14.3. The third kappa shape index (κ3) is 11.1. The fourth-order valence-corrected chi connectivity index (χ4v) is 6.27. The Labute approximate surface area is 303 Å². The van der Waals surface area contributed by atoms with Gasteiger partial charge in [0.1, 0.15) is 12.2 Å². The molecule has 0 saturated heterocycles. The highest BCUT2D eigenvalue weighted by Crippen LogP contribution is 2.45. The lowest BCUT2D eigenvalue weighted by atomic mass is 9.94. The number of halogens is 2. The van der Waals surface area contributed by atoms with Crippen molar-refractivity contribution in [2.75, 3.05) is 51.3 Å². The average molecular weight is 715 g/mol. The van der Waals surface area contributed by atoms with Crippen LogP contribution >= 0.6 is 24.0 Å². The number of carbonyl (C=O) groups is 2. The van der Waals surface area contributed by atoms with E-state index in [0.29, 0.717) is 54.0 Å². The van der Waals surface area contributed by atoms with Crippen LogP contribution < -0.4 is 19.7 Å². The van der Waals surface area contributed by atoms with Gasteiger partial charge >= 0.3 is 0 Å². The van der Waals surface area contributed by atoms with Crippen LogP contribution in [-0.4, -0.2) is 69.3 Å². The minimum absolute atomic E-state index is 0. The summed E-state index contributed by atoms with van der Waals surface area (Å²) in [4.78, 5) is 31.1. The Morgan fingerprint density at radius 3 is 2.37 bits per heavy atom. The summed E-state index contributed by atoms with van der Waals surface area (Å²) in [5.41, 5.74) is 3.26. The van der Waals surface area contributed by atoms with Crippen LogP contribution in [0, 0.1) is 5.41 Å². The average Bonchev–Trinajstić information content (AvgIpc) is 3.16. The van der Waals surface area contributed by atoms with Crippen LogP contribution in [0.25, 0.3) is 0 Å². The fourth-order valence-electron chi connectivity index (χ4n) is 6.09. The molecule has 49 heavy (non-hydrogen) atoms. The van der Waals surface area contributed by atoms with Gasteiger partial charge in [0.15, 0.2) is 11.5 Å². The molecule has 1 N–H and O–H groups in total. The highest BCUT2D eigenvalue weighted by atomic mass is 35.5. The lowest BCUT2D eigenvalue weighted by Gasteiger charge is -2.31. The summed E-state index contributed by atoms with van der Waals surface area (Å²) in [6, 6.07) is 21.7. The number of anilines is 1. The molecule has 0 spiro atoms. The Morgan fingerprint density at radius 1 is 0.980 bits per heavy atom. The first-order valence-corrected chi connectivity index (χ1v) is 17.5. The van der Waals surface area contributed by atoms with Crippen LogP contribution in [0.5, 0.6) is 11.5 Å². The molecule has 10 heteroatoms. The van der Waals surface area contributed by atoms with Crippen molar-refractivity contribution in [3.63, 3.8) is 0 Å². The summed E-state index contributed by atoms with van der Waals surface area (Å²) in [5.74, 6) is 0.729. The van der Waals surface area contributed by atoms with Gasteiger partial charge in [0.05, 0.1) is 20.1 Å². The molecule has 1 heterocycles. The normalized spacial score (nSPS) is 16.0. The second kappa shape index (κ2) is 19.2. The molecular weight excluding hydrogens is 661 g/mol. The molecule has 0 fully saturated rings. The zero-order valence-corrected chi connectivity index (χ0v) is 31.4. The van der Waals surface area contributed by atoms with E-state index in [9.17, 15) is 9.59 Å². The third-order valence-corrected chi connectivity index (χ3v) is 8.66. The zero-order valence-electron chi connectivity index (χ0n) is 29.8. The van der Waals surface area contributed by atoms with Crippen molar-refractivity contribution < 1.29 is 23.8 Å². The molecule has 8 nitrogen and oxygen atoms in total. The van der Waals surface area contributed by atoms with Crippen molar-refractivity contribution in [1.82, 2.24) is 10.2 Å². The first-order valence-electron chi connectivity index (χ1n) is 17.1. The molecule has 1 aliphatic rings. The number of hydrogen-bond donors (Lipinski definition) is 1. The third-order valence-electron chi connectivity index (χ3n) is 8.43. The molecule has 2 amide bonds. The molecule has 1 aliphatic heterocycles. The number of ether oxygens (including phenoxy) is 3. The number of carbonyl (C=O) groups excluding carboxylic acids is 2. The second-order valence-electron chi connectivity index (χ2n) is 13.4. The summed E-state index contributed by atoms with van der Waals surface area (Å²) in [6.07, 6.45) is 1.12. The largest absolute Gasteiger partial charge is 0.492 e. The van der Waals surface area contributed by atoms with Gasteiger partial charge in [-0.05, 0) is 81.4 Å². The van der Waals surface area contributed by atoms with Gasteiger partial charge in [0.25, 0.3) is 5.91 Å². The number of aryl methyl sites for hydroxylation is 1. The highest BCUT2D eigenvalue weighted by Gasteiger charge is 2.40. The number of rotatable bonds is 16. The Kier molecular flexibility index (Phi) is 15.7. The van der Waals surface area contributed by atoms with Gasteiger partial charge in [0, 0.05) is 41.5 Å². The second-order valence-corrected chi connectivity index (χ2v) is 13.8. The number of fused-ring (bicyclic) bond motifs is 1. The minimum Gasteiger partial charge on any atom is -0.492 e. The number of methoxy groups -OCH3 is 1. The maximum Gasteiger partial charge on any atom is 0.256 e. The van der Waals surface area contributed by atoms with Gasteiger partial charge in [-0.2, -0.15) is 0 Å². The van der Waals surface area contributed by atoms with Gasteiger partial charge in [-0.15, -0.1) is 12.4 Å². The standard InChI is InChI=1S/C39H52ClN3O5.ClH/c1-7-42(8-2)35(44)26-34-38(45)43(27-39(3,4)5)32-21-20-29(40)25-31(32)36(48-34)30-18-12-19-33(37(30)46-6)47-24-14-23-41-22-13-17-28-15-10-9-11-16-28;/h9-12,15-16,18-21,25,34,36,41H,7-8,13-14,17,22-24,26-27H2,1-6H3;1H/t34-,36-;/m0./s1. The summed E-state index contributed by atoms with van der Waals surface area (Å²) in [5, 5.41) is 4.03. The first kappa shape index (κ1) is 40.1. The number of nitrogens with one attached hydrogen (secondary N) is 1. The van der Waals surface area contributed by atoms with Crippen molar-refractivity contribution in [3.8, 4) is 11.5 Å². The van der Waals surface area contributed by atoms with E-state index in [4.69, 9.17) is 25.8 Å². The van der Waals surface area contributed by atoms with E-state index in [2.05, 4.69) is 50.4 Å². The van der Waals surface area contributed by atoms with E-state index in [1.165, 1.54) is 5.56 Å². The monoisotopic (exact) mass is 713 g/mol. The van der Waals surface area contributed by atoms with E-state index in [1.54, 1.807) is 23.0 Å². The van der Waals surface area contributed by atoms with E-state index < -0.39 is 12.2 Å². The first-order chi connectivity index (χ1) is 23.1. The topological polar surface area (TPSA) is 80.3 Å². The maximum absolute atomic E-state index is 14.3. The van der Waals surface area contributed by atoms with Crippen LogP contribution in [0.1, 0.15) is 76.7 Å². The summed E-state index contributed by atoms with van der Waals surface area (Å²) in [7, 11) is 1.61. The SMILES string of the molecule is CCN(CC)C(=O)C[C@@H]1O[C@@H](c2cccc(OCCCNCCCc3ccccc3)c2OC)c2cc(Cl)ccc2N(CC(C)(C)C)C1=O.Cl. The number of benzene rings is 3. The van der Waals surface area contributed by atoms with E-state index in [0.717, 1.165) is 37.9 Å². The molecule has 3 aromatic carbocycles. The molecular formula is C39H53Cl2N3O5. The Balaban J connectivity index is 0.00000650. The summed E-state index contributed by atoms with van der Waals surface area (Å²) >= 11 is 6.58. The molecule has 268 valence electrons. The molecule has 0 aliphatic carbocycles. The van der Waals surface area contributed by atoms with Crippen LogP contribution in [0.4, 0.5) is 5.69 Å². The quantitative estimate of drug-likeness (QED) is 0.152. The Bertz CT molecular complexity index is 1490. The lowest BCUT2D eigenvalue weighted by molar-refractivity contribution is -0.142. The van der Waals surface area contributed by atoms with E-state index >= 15 is 0 Å². The van der Waals surface area contributed by atoms with Gasteiger partial charge in [0.2, 0.25) is 5.91 Å². The smallest absolute Gasteiger partial charge is 0.256 e. The zero-order chi connectivity index (χ0) is 34.7. The predicted molar refractivity (Wildman–Crippen MR) is 201 cm³/mol. The Morgan fingerprint density at radius 2 is 1.69 bits per heavy atom. The molecule has 0 radical (unpaired) electrons. The van der Waals surface area contributed by atoms with Gasteiger partial charge < -0.3 is 29.3 Å². The molecule has 4 rings (SSSR count). The van der Waals surface area contributed by atoms with Crippen molar-refractivity contribution in [3.05, 3.63) is 88.4 Å². The van der Waals surface area contributed by atoms with Crippen molar-refractivity contribution in [2.45, 2.75) is 72.5 Å². The number of para-hydroxylation sites is 1. The Hall–Kier alpha value is -3.30. The minimum atomic E-state index is -1.01. The van der Waals surface area contributed by atoms with Crippen molar-refractivity contribution >= 4 is 41.5 Å². The van der Waals surface area contributed by atoms with Crippen LogP contribution in [0.15, 0.2) is 66.7 Å². The van der Waals surface area contributed by atoms with E-state index in [1.807, 2.05) is 50.2 Å². The number of nitrogens with zero attached hydrogens (tertiary/aromatic N) is 2. The molecule has 2 atom stereocenters. The van der Waals surface area contributed by atoms with Gasteiger partial charge in [-0.25, -0.2) is 0 Å². The van der Waals surface area contributed by atoms with E-state index in [-0.39, 0.29) is 36.1 Å². The fraction of sp³-hybridized carbons (Fsp3) is 0.487. The van der Waals surface area contributed by atoms with Crippen molar-refractivity contribution in [1.29, 1.82) is 0 Å². The van der Waals surface area contributed by atoms with Gasteiger partial charge in [-0.1, -0.05) is 74.8 Å². The molecule has 0 aromatic heterocycles. The van der Waals surface area contributed by atoms with Crippen LogP contribution in [-0.2, 0) is 20.7 Å². The molecule has 0 saturated carbocycles. The predicted octanol–water partition coefficient (Wildman–Crippen LogP) is 7.89. The van der Waals surface area contributed by atoms with Crippen LogP contribution in [0.2, 0.25) is 5.02 Å².